The molecule has 2 aromatic carbocycles. The van der Waals surface area contributed by atoms with Crippen molar-refractivity contribution in [3.8, 4) is 5.69 Å². The Morgan fingerprint density at radius 1 is 0.889 bits per heavy atom. The fourth-order valence-corrected chi connectivity index (χ4v) is 3.28. The second kappa shape index (κ2) is 7.87. The van der Waals surface area contributed by atoms with Gasteiger partial charge in [-0.25, -0.2) is 4.39 Å². The molecule has 1 aromatic heterocycles. The molecule has 0 N–H and O–H groups in total. The first-order valence-corrected chi connectivity index (χ1v) is 9.45. The Labute approximate surface area is 165 Å². The van der Waals surface area contributed by atoms with Crippen LogP contribution in [0, 0.1) is 5.82 Å². The minimum atomic E-state index is -0.205. The number of hydrogen-bond acceptors (Lipinski definition) is 5. The monoisotopic (exact) mass is 428 g/mol. The fourth-order valence-electron chi connectivity index (χ4n) is 3.02. The lowest BCUT2D eigenvalue weighted by molar-refractivity contribution is 0.351. The van der Waals surface area contributed by atoms with Gasteiger partial charge in [0.15, 0.2) is 5.82 Å². The van der Waals surface area contributed by atoms with Crippen molar-refractivity contribution in [1.82, 2.24) is 25.1 Å². The molecule has 2 heterocycles. The lowest BCUT2D eigenvalue weighted by Crippen LogP contribution is -2.44. The number of hydrogen-bond donors (Lipinski definition) is 0. The topological polar surface area (TPSA) is 50.1 Å². The van der Waals surface area contributed by atoms with Gasteiger partial charge in [-0.2, -0.15) is 4.68 Å². The highest BCUT2D eigenvalue weighted by Crippen LogP contribution is 2.18. The Morgan fingerprint density at radius 3 is 2.26 bits per heavy atom. The van der Waals surface area contributed by atoms with E-state index < -0.39 is 0 Å². The summed E-state index contributed by atoms with van der Waals surface area (Å²) in [5.74, 6) is 0.474. The zero-order valence-electron chi connectivity index (χ0n) is 14.5. The molecular formula is C19H18BrFN6. The summed E-state index contributed by atoms with van der Waals surface area (Å²) >= 11 is 3.43. The third kappa shape index (κ3) is 4.16. The number of benzene rings is 2. The van der Waals surface area contributed by atoms with Gasteiger partial charge in [-0.3, -0.25) is 0 Å². The molecule has 0 saturated carbocycles. The molecule has 0 amide bonds. The standard InChI is InChI=1S/C19H18BrFN6/c20-15-1-5-18(6-2-15)27-19(22-23-24-27)9-10-25-11-13-26(14-12-25)17-7-3-16(21)4-8-17/h1-10H,11-14H2. The van der Waals surface area contributed by atoms with E-state index >= 15 is 0 Å². The van der Waals surface area contributed by atoms with E-state index in [2.05, 4.69) is 41.3 Å². The normalized spacial score (nSPS) is 14.9. The van der Waals surface area contributed by atoms with Gasteiger partial charge < -0.3 is 9.80 Å². The zero-order valence-corrected chi connectivity index (χ0v) is 16.1. The molecule has 1 fully saturated rings. The molecule has 0 unspecified atom stereocenters. The number of nitrogens with zero attached hydrogens (tertiary/aromatic N) is 6. The van der Waals surface area contributed by atoms with Gasteiger partial charge in [-0.15, -0.1) is 5.10 Å². The first-order valence-electron chi connectivity index (χ1n) is 8.66. The number of anilines is 1. The summed E-state index contributed by atoms with van der Waals surface area (Å²) in [5, 5.41) is 12.0. The maximum Gasteiger partial charge on any atom is 0.181 e. The van der Waals surface area contributed by atoms with Crippen molar-refractivity contribution in [1.29, 1.82) is 0 Å². The van der Waals surface area contributed by atoms with Crippen LogP contribution in [0.5, 0.6) is 0 Å². The Bertz CT molecular complexity index is 914. The van der Waals surface area contributed by atoms with Crippen molar-refractivity contribution in [2.24, 2.45) is 0 Å². The number of tetrazole rings is 1. The molecule has 4 rings (SSSR count). The third-order valence-corrected chi connectivity index (χ3v) is 5.03. The second-order valence-electron chi connectivity index (χ2n) is 6.24. The van der Waals surface area contributed by atoms with Crippen LogP contribution in [0.3, 0.4) is 0 Å². The summed E-state index contributed by atoms with van der Waals surface area (Å²) in [6.07, 6.45) is 3.96. The van der Waals surface area contributed by atoms with E-state index in [1.165, 1.54) is 12.1 Å². The molecule has 3 aromatic rings. The minimum Gasteiger partial charge on any atom is -0.374 e. The first kappa shape index (κ1) is 17.7. The van der Waals surface area contributed by atoms with E-state index in [9.17, 15) is 4.39 Å². The van der Waals surface area contributed by atoms with Crippen molar-refractivity contribution in [2.75, 3.05) is 31.1 Å². The van der Waals surface area contributed by atoms with Gasteiger partial charge in [0.25, 0.3) is 0 Å². The molecule has 8 heteroatoms. The SMILES string of the molecule is Fc1ccc(N2CCN(C=Cc3nnnn3-c3ccc(Br)cc3)CC2)cc1. The highest BCUT2D eigenvalue weighted by atomic mass is 79.9. The van der Waals surface area contributed by atoms with Gasteiger partial charge in [0, 0.05) is 48.6 Å². The van der Waals surface area contributed by atoms with Crippen LogP contribution in [0.1, 0.15) is 5.82 Å². The average molecular weight is 429 g/mol. The van der Waals surface area contributed by atoms with E-state index in [0.717, 1.165) is 42.0 Å². The molecule has 0 bridgehead atoms. The number of piperazine rings is 1. The van der Waals surface area contributed by atoms with E-state index in [0.29, 0.717) is 5.82 Å². The average Bonchev–Trinajstić information content (AvgIpc) is 3.17. The Hall–Kier alpha value is -2.74. The van der Waals surface area contributed by atoms with E-state index in [1.54, 1.807) is 4.68 Å². The van der Waals surface area contributed by atoms with Gasteiger partial charge >= 0.3 is 0 Å². The molecule has 1 saturated heterocycles. The van der Waals surface area contributed by atoms with E-state index in [-0.39, 0.29) is 5.82 Å². The summed E-state index contributed by atoms with van der Waals surface area (Å²) in [7, 11) is 0. The molecule has 0 spiro atoms. The molecule has 0 radical (unpaired) electrons. The van der Waals surface area contributed by atoms with Crippen LogP contribution in [-0.2, 0) is 0 Å². The van der Waals surface area contributed by atoms with Crippen LogP contribution in [0.4, 0.5) is 10.1 Å². The summed E-state index contributed by atoms with van der Waals surface area (Å²) in [5.41, 5.74) is 1.96. The van der Waals surface area contributed by atoms with Crippen LogP contribution in [0.25, 0.3) is 11.8 Å². The van der Waals surface area contributed by atoms with Gasteiger partial charge in [-0.1, -0.05) is 15.9 Å². The fraction of sp³-hybridized carbons (Fsp3) is 0.211. The smallest absolute Gasteiger partial charge is 0.181 e. The van der Waals surface area contributed by atoms with Crippen LogP contribution >= 0.6 is 15.9 Å². The van der Waals surface area contributed by atoms with Gasteiger partial charge in [0.2, 0.25) is 0 Å². The lowest BCUT2D eigenvalue weighted by atomic mass is 10.2. The minimum absolute atomic E-state index is 0.205. The maximum atomic E-state index is 13.1. The molecule has 1 aliphatic rings. The van der Waals surface area contributed by atoms with Crippen molar-refractivity contribution in [3.63, 3.8) is 0 Å². The second-order valence-corrected chi connectivity index (χ2v) is 7.16. The summed E-state index contributed by atoms with van der Waals surface area (Å²) in [6.45, 7) is 3.53. The molecule has 1 aliphatic heterocycles. The van der Waals surface area contributed by atoms with Crippen LogP contribution in [0.2, 0.25) is 0 Å². The first-order chi connectivity index (χ1) is 13.2. The van der Waals surface area contributed by atoms with Gasteiger partial charge in [0.05, 0.1) is 5.69 Å². The highest BCUT2D eigenvalue weighted by molar-refractivity contribution is 9.10. The zero-order chi connectivity index (χ0) is 18.6. The molecular weight excluding hydrogens is 411 g/mol. The van der Waals surface area contributed by atoms with Crippen molar-refractivity contribution in [2.45, 2.75) is 0 Å². The maximum absolute atomic E-state index is 13.1. The molecule has 138 valence electrons. The number of halogens is 2. The van der Waals surface area contributed by atoms with E-state index in [4.69, 9.17) is 0 Å². The predicted molar refractivity (Wildman–Crippen MR) is 106 cm³/mol. The highest BCUT2D eigenvalue weighted by Gasteiger charge is 2.15. The van der Waals surface area contributed by atoms with Crippen molar-refractivity contribution >= 4 is 27.7 Å². The summed E-state index contributed by atoms with van der Waals surface area (Å²) < 4.78 is 15.8. The van der Waals surface area contributed by atoms with Crippen LogP contribution in [-0.4, -0.2) is 51.3 Å². The number of aromatic nitrogens is 4. The molecule has 0 aliphatic carbocycles. The predicted octanol–water partition coefficient (Wildman–Crippen LogP) is 3.36. The summed E-state index contributed by atoms with van der Waals surface area (Å²) in [4.78, 5) is 4.50. The lowest BCUT2D eigenvalue weighted by Gasteiger charge is -2.35. The van der Waals surface area contributed by atoms with Crippen molar-refractivity contribution < 1.29 is 4.39 Å². The Balaban J connectivity index is 1.40. The number of rotatable bonds is 4. The van der Waals surface area contributed by atoms with E-state index in [1.807, 2.05) is 48.7 Å². The Morgan fingerprint density at radius 2 is 1.56 bits per heavy atom. The Kier molecular flexibility index (Phi) is 5.15. The van der Waals surface area contributed by atoms with Crippen molar-refractivity contribution in [3.05, 3.63) is 70.8 Å². The molecule has 0 atom stereocenters. The van der Waals surface area contributed by atoms with Crippen LogP contribution < -0.4 is 4.90 Å². The van der Waals surface area contributed by atoms with Gasteiger partial charge in [0.1, 0.15) is 5.82 Å². The largest absolute Gasteiger partial charge is 0.374 e. The third-order valence-electron chi connectivity index (χ3n) is 4.51. The molecule has 6 nitrogen and oxygen atoms in total. The van der Waals surface area contributed by atoms with Crippen LogP contribution in [0.15, 0.2) is 59.2 Å². The summed E-state index contributed by atoms with van der Waals surface area (Å²) in [6, 6.07) is 14.5. The van der Waals surface area contributed by atoms with Gasteiger partial charge in [-0.05, 0) is 59.0 Å². The molecule has 27 heavy (non-hydrogen) atoms. The quantitative estimate of drug-likeness (QED) is 0.637.